The number of nitrogens with zero attached hydrogens (tertiary/aromatic N) is 3. The monoisotopic (exact) mass is 242 g/mol. The highest BCUT2D eigenvalue weighted by Gasteiger charge is 2.24. The third kappa shape index (κ3) is 5.77. The number of carbonyl (C=O) groups is 2. The summed E-state index contributed by atoms with van der Waals surface area (Å²) in [5, 5.41) is 14.8. The van der Waals surface area contributed by atoms with Gasteiger partial charge >= 0.3 is 5.97 Å². The highest BCUT2D eigenvalue weighted by Crippen LogP contribution is 2.06. The highest BCUT2D eigenvalue weighted by molar-refractivity contribution is 5.84. The van der Waals surface area contributed by atoms with Crippen LogP contribution >= 0.6 is 0 Å². The molecule has 0 aromatic carbocycles. The van der Waals surface area contributed by atoms with Crippen LogP contribution in [0.15, 0.2) is 5.11 Å². The molecule has 0 heterocycles. The average molecular weight is 242 g/mol. The van der Waals surface area contributed by atoms with E-state index in [4.69, 9.17) is 10.6 Å². The summed E-state index contributed by atoms with van der Waals surface area (Å²) in [7, 11) is 0. The molecule has 0 saturated heterocycles. The maximum absolute atomic E-state index is 11.5. The summed E-state index contributed by atoms with van der Waals surface area (Å²) >= 11 is 0. The summed E-state index contributed by atoms with van der Waals surface area (Å²) in [6.45, 7) is 5.22. The smallest absolute Gasteiger partial charge is 0.326 e. The predicted molar refractivity (Wildman–Crippen MR) is 62.2 cm³/mol. The van der Waals surface area contributed by atoms with E-state index in [1.807, 2.05) is 0 Å². The maximum atomic E-state index is 11.5. The van der Waals surface area contributed by atoms with Crippen molar-refractivity contribution in [3.05, 3.63) is 10.4 Å². The van der Waals surface area contributed by atoms with Crippen LogP contribution in [-0.2, 0) is 9.59 Å². The first-order valence-corrected chi connectivity index (χ1v) is 5.48. The molecule has 0 rings (SSSR count). The van der Waals surface area contributed by atoms with Crippen molar-refractivity contribution in [2.45, 2.75) is 45.7 Å². The molecule has 7 heteroatoms. The van der Waals surface area contributed by atoms with Gasteiger partial charge in [-0.05, 0) is 17.9 Å². The molecule has 0 bridgehead atoms. The van der Waals surface area contributed by atoms with Gasteiger partial charge in [0, 0.05) is 17.4 Å². The number of amides is 1. The van der Waals surface area contributed by atoms with E-state index in [-0.39, 0.29) is 12.3 Å². The second-order valence-corrected chi connectivity index (χ2v) is 4.10. The lowest BCUT2D eigenvalue weighted by Gasteiger charge is -2.18. The molecule has 0 aromatic rings. The molecule has 96 valence electrons. The van der Waals surface area contributed by atoms with E-state index >= 15 is 0 Å². The van der Waals surface area contributed by atoms with Gasteiger partial charge in [0.1, 0.15) is 6.04 Å². The Bertz CT molecular complexity index is 324. The van der Waals surface area contributed by atoms with E-state index in [2.05, 4.69) is 15.3 Å². The zero-order chi connectivity index (χ0) is 13.4. The van der Waals surface area contributed by atoms with Gasteiger partial charge in [-0.15, -0.1) is 0 Å². The lowest BCUT2D eigenvalue weighted by atomic mass is 10.0. The lowest BCUT2D eigenvalue weighted by Crippen LogP contribution is -2.45. The normalized spacial score (nSPS) is 13.6. The van der Waals surface area contributed by atoms with Gasteiger partial charge in [0.05, 0.1) is 0 Å². The fraction of sp³-hybridized carbons (Fsp3) is 0.800. The van der Waals surface area contributed by atoms with Gasteiger partial charge in [0.2, 0.25) is 5.91 Å². The summed E-state index contributed by atoms with van der Waals surface area (Å²) in [5.74, 6) is -1.67. The standard InChI is InChI=1S/C10H18N4O3/c1-4-7(13-14-11)5-8(15)12-9(6(2)3)10(16)17/h6-7,9H,4-5H2,1-3H3,(H,12,15)(H,16,17)/t7?,9-/m0/s1. The van der Waals surface area contributed by atoms with Gasteiger partial charge in [0.15, 0.2) is 0 Å². The number of hydrogen-bond acceptors (Lipinski definition) is 3. The zero-order valence-corrected chi connectivity index (χ0v) is 10.3. The molecule has 17 heavy (non-hydrogen) atoms. The lowest BCUT2D eigenvalue weighted by molar-refractivity contribution is -0.143. The Hall–Kier alpha value is -1.75. The van der Waals surface area contributed by atoms with Gasteiger partial charge < -0.3 is 10.4 Å². The Morgan fingerprint density at radius 2 is 2.06 bits per heavy atom. The number of aliphatic carboxylic acids is 1. The van der Waals surface area contributed by atoms with Crippen LogP contribution in [0, 0.1) is 5.92 Å². The number of carbonyl (C=O) groups excluding carboxylic acids is 1. The SMILES string of the molecule is CCC(CC(=O)N[C@H](C(=O)O)C(C)C)N=[N+]=[N-]. The van der Waals surface area contributed by atoms with Crippen LogP contribution in [0.3, 0.4) is 0 Å². The number of carboxylic acid groups (broad SMARTS) is 1. The van der Waals surface area contributed by atoms with Crippen LogP contribution < -0.4 is 5.32 Å². The van der Waals surface area contributed by atoms with Crippen LogP contribution in [0.2, 0.25) is 0 Å². The third-order valence-electron chi connectivity index (χ3n) is 2.36. The summed E-state index contributed by atoms with van der Waals surface area (Å²) < 4.78 is 0. The molecular weight excluding hydrogens is 224 g/mol. The number of azide groups is 1. The Kier molecular flexibility index (Phi) is 6.74. The number of rotatable bonds is 7. The van der Waals surface area contributed by atoms with Crippen molar-refractivity contribution < 1.29 is 14.7 Å². The van der Waals surface area contributed by atoms with Gasteiger partial charge in [-0.25, -0.2) is 4.79 Å². The van der Waals surface area contributed by atoms with E-state index in [1.54, 1.807) is 20.8 Å². The van der Waals surface area contributed by atoms with E-state index in [0.29, 0.717) is 6.42 Å². The Morgan fingerprint density at radius 1 is 1.47 bits per heavy atom. The number of nitrogens with one attached hydrogen (secondary N) is 1. The van der Waals surface area contributed by atoms with Crippen LogP contribution in [0.5, 0.6) is 0 Å². The third-order valence-corrected chi connectivity index (χ3v) is 2.36. The minimum Gasteiger partial charge on any atom is -0.480 e. The van der Waals surface area contributed by atoms with E-state index in [9.17, 15) is 9.59 Å². The first-order valence-electron chi connectivity index (χ1n) is 5.48. The van der Waals surface area contributed by atoms with Gasteiger partial charge in [-0.3, -0.25) is 4.79 Å². The Labute approximate surface area is 99.8 Å². The van der Waals surface area contributed by atoms with Gasteiger partial charge in [0.25, 0.3) is 0 Å². The summed E-state index contributed by atoms with van der Waals surface area (Å²) in [4.78, 5) is 25.0. The average Bonchev–Trinajstić information content (AvgIpc) is 2.24. The second kappa shape index (κ2) is 7.51. The molecule has 0 aliphatic rings. The van der Waals surface area contributed by atoms with Crippen LogP contribution in [0.4, 0.5) is 0 Å². The molecule has 2 N–H and O–H groups in total. The van der Waals surface area contributed by atoms with Crippen molar-refractivity contribution in [1.29, 1.82) is 0 Å². The molecule has 7 nitrogen and oxygen atoms in total. The molecule has 0 radical (unpaired) electrons. The minimum absolute atomic E-state index is 0.0110. The van der Waals surface area contributed by atoms with Crippen LogP contribution in [0.1, 0.15) is 33.6 Å². The molecule has 2 atom stereocenters. The number of carboxylic acids is 1. The van der Waals surface area contributed by atoms with Crippen molar-refractivity contribution in [3.63, 3.8) is 0 Å². The molecule has 0 saturated carbocycles. The predicted octanol–water partition coefficient (Wildman–Crippen LogP) is 1.69. The molecule has 1 amide bonds. The molecule has 0 aliphatic heterocycles. The van der Waals surface area contributed by atoms with Crippen molar-refractivity contribution in [3.8, 4) is 0 Å². The first-order chi connectivity index (χ1) is 7.92. The summed E-state index contributed by atoms with van der Waals surface area (Å²) in [5.41, 5.74) is 8.27. The first kappa shape index (κ1) is 15.2. The zero-order valence-electron chi connectivity index (χ0n) is 10.3. The maximum Gasteiger partial charge on any atom is 0.326 e. The van der Waals surface area contributed by atoms with E-state index in [1.165, 1.54) is 0 Å². The molecule has 0 aromatic heterocycles. The second-order valence-electron chi connectivity index (χ2n) is 4.10. The quantitative estimate of drug-likeness (QED) is 0.402. The largest absolute Gasteiger partial charge is 0.480 e. The molecular formula is C10H18N4O3. The molecule has 0 spiro atoms. The van der Waals surface area contributed by atoms with E-state index < -0.39 is 24.0 Å². The highest BCUT2D eigenvalue weighted by atomic mass is 16.4. The molecule has 0 fully saturated rings. The Balaban J connectivity index is 4.41. The van der Waals surface area contributed by atoms with Crippen molar-refractivity contribution in [2.24, 2.45) is 11.0 Å². The van der Waals surface area contributed by atoms with Crippen LogP contribution in [-0.4, -0.2) is 29.1 Å². The fourth-order valence-corrected chi connectivity index (χ4v) is 1.30. The van der Waals surface area contributed by atoms with Gasteiger partial charge in [-0.1, -0.05) is 25.9 Å². The van der Waals surface area contributed by atoms with Crippen molar-refractivity contribution in [2.75, 3.05) is 0 Å². The summed E-state index contributed by atoms with van der Waals surface area (Å²) in [6, 6.07) is -1.34. The van der Waals surface area contributed by atoms with Crippen molar-refractivity contribution >= 4 is 11.9 Å². The minimum atomic E-state index is -1.06. The molecule has 1 unspecified atom stereocenters. The topological polar surface area (TPSA) is 115 Å². The van der Waals surface area contributed by atoms with Crippen LogP contribution in [0.25, 0.3) is 10.4 Å². The van der Waals surface area contributed by atoms with Crippen molar-refractivity contribution in [1.82, 2.24) is 5.32 Å². The Morgan fingerprint density at radius 3 is 2.41 bits per heavy atom. The van der Waals surface area contributed by atoms with E-state index in [0.717, 1.165) is 0 Å². The molecule has 0 aliphatic carbocycles. The summed E-state index contributed by atoms with van der Waals surface area (Å²) in [6.07, 6.45) is 0.550. The fourth-order valence-electron chi connectivity index (χ4n) is 1.30. The number of hydrogen-bond donors (Lipinski definition) is 2. The van der Waals surface area contributed by atoms with Gasteiger partial charge in [-0.2, -0.15) is 0 Å².